The fourth-order valence-electron chi connectivity index (χ4n) is 2.71. The lowest BCUT2D eigenvalue weighted by atomic mass is 9.80. The van der Waals surface area contributed by atoms with Gasteiger partial charge in [-0.3, -0.25) is 4.79 Å². The molecule has 15 heavy (non-hydrogen) atoms. The zero-order chi connectivity index (χ0) is 10.9. The van der Waals surface area contributed by atoms with Gasteiger partial charge in [0.2, 0.25) is 5.91 Å². The van der Waals surface area contributed by atoms with Crippen LogP contribution in [0.25, 0.3) is 0 Å². The van der Waals surface area contributed by atoms with Gasteiger partial charge in [0.05, 0.1) is 6.07 Å². The quantitative estimate of drug-likeness (QED) is 0.751. The van der Waals surface area contributed by atoms with E-state index in [0.717, 1.165) is 44.4 Å². The van der Waals surface area contributed by atoms with Gasteiger partial charge in [-0.15, -0.1) is 0 Å². The molecule has 3 nitrogen and oxygen atoms in total. The molecule has 2 aliphatic rings. The van der Waals surface area contributed by atoms with Crippen molar-refractivity contribution in [3.63, 3.8) is 0 Å². The molecular weight excluding hydrogens is 188 g/mol. The molecule has 82 valence electrons. The highest BCUT2D eigenvalue weighted by atomic mass is 16.2. The van der Waals surface area contributed by atoms with Gasteiger partial charge < -0.3 is 5.32 Å². The Balaban J connectivity index is 1.92. The van der Waals surface area contributed by atoms with Gasteiger partial charge in [-0.05, 0) is 31.6 Å². The lowest BCUT2D eigenvalue weighted by molar-refractivity contribution is -0.129. The van der Waals surface area contributed by atoms with Gasteiger partial charge in [0.15, 0.2) is 0 Å². The fourth-order valence-corrected chi connectivity index (χ4v) is 2.71. The van der Waals surface area contributed by atoms with Crippen LogP contribution in [0.1, 0.15) is 45.4 Å². The van der Waals surface area contributed by atoms with Crippen LogP contribution in [0.5, 0.6) is 0 Å². The third kappa shape index (κ3) is 1.86. The molecule has 0 heterocycles. The summed E-state index contributed by atoms with van der Waals surface area (Å²) in [7, 11) is 0. The molecular formula is C12H18N2O. The molecule has 0 aliphatic heterocycles. The number of carbonyl (C=O) groups excluding carboxylic acids is 1. The summed E-state index contributed by atoms with van der Waals surface area (Å²) >= 11 is 0. The molecule has 2 fully saturated rings. The SMILES string of the molecule is CC1CC(NC(=O)C2(C#N)CCCC2)C1. The predicted octanol–water partition coefficient (Wildman–Crippen LogP) is 1.99. The van der Waals surface area contributed by atoms with E-state index >= 15 is 0 Å². The summed E-state index contributed by atoms with van der Waals surface area (Å²) in [5.41, 5.74) is -0.696. The first-order valence-electron chi connectivity index (χ1n) is 5.88. The monoisotopic (exact) mass is 206 g/mol. The molecule has 3 heteroatoms. The van der Waals surface area contributed by atoms with Crippen molar-refractivity contribution in [2.45, 2.75) is 51.5 Å². The summed E-state index contributed by atoms with van der Waals surface area (Å²) in [6.07, 6.45) is 5.68. The van der Waals surface area contributed by atoms with Crippen molar-refractivity contribution in [3.8, 4) is 6.07 Å². The van der Waals surface area contributed by atoms with Gasteiger partial charge in [-0.1, -0.05) is 19.8 Å². The van der Waals surface area contributed by atoms with Crippen LogP contribution in [0, 0.1) is 22.7 Å². The van der Waals surface area contributed by atoms with E-state index in [0.29, 0.717) is 6.04 Å². The molecule has 1 amide bonds. The lowest BCUT2D eigenvalue weighted by Crippen LogP contribution is -2.48. The Hall–Kier alpha value is -1.04. The van der Waals surface area contributed by atoms with Crippen molar-refractivity contribution < 1.29 is 4.79 Å². The fraction of sp³-hybridized carbons (Fsp3) is 0.833. The number of nitrogens with zero attached hydrogens (tertiary/aromatic N) is 1. The van der Waals surface area contributed by atoms with Crippen LogP contribution in [0.15, 0.2) is 0 Å². The summed E-state index contributed by atoms with van der Waals surface area (Å²) in [4.78, 5) is 12.0. The zero-order valence-corrected chi connectivity index (χ0v) is 9.25. The van der Waals surface area contributed by atoms with Crippen molar-refractivity contribution in [1.82, 2.24) is 5.32 Å². The molecule has 0 aromatic heterocycles. The zero-order valence-electron chi connectivity index (χ0n) is 9.25. The number of hydrogen-bond acceptors (Lipinski definition) is 2. The maximum absolute atomic E-state index is 12.0. The van der Waals surface area contributed by atoms with E-state index in [-0.39, 0.29) is 5.91 Å². The number of rotatable bonds is 2. The average Bonchev–Trinajstić information content (AvgIpc) is 2.64. The van der Waals surface area contributed by atoms with Gasteiger partial charge in [0, 0.05) is 6.04 Å². The van der Waals surface area contributed by atoms with E-state index in [9.17, 15) is 4.79 Å². The Labute approximate surface area is 90.8 Å². The summed E-state index contributed by atoms with van der Waals surface area (Å²) in [5.74, 6) is 0.719. The minimum absolute atomic E-state index is 0.0144. The standard InChI is InChI=1S/C12H18N2O/c1-9-6-10(7-9)14-11(15)12(8-13)4-2-3-5-12/h9-10H,2-7H2,1H3,(H,14,15). The van der Waals surface area contributed by atoms with Crippen LogP contribution in [0.3, 0.4) is 0 Å². The first-order chi connectivity index (χ1) is 7.16. The third-order valence-electron chi connectivity index (χ3n) is 3.81. The molecule has 0 atom stereocenters. The number of hydrogen-bond donors (Lipinski definition) is 1. The van der Waals surface area contributed by atoms with Gasteiger partial charge in [-0.25, -0.2) is 0 Å². The van der Waals surface area contributed by atoms with Crippen LogP contribution in [0.4, 0.5) is 0 Å². The molecule has 0 radical (unpaired) electrons. The van der Waals surface area contributed by atoms with Crippen LogP contribution in [-0.2, 0) is 4.79 Å². The van der Waals surface area contributed by atoms with E-state index in [1.54, 1.807) is 0 Å². The van der Waals surface area contributed by atoms with Crippen molar-refractivity contribution >= 4 is 5.91 Å². The maximum atomic E-state index is 12.0. The highest BCUT2D eigenvalue weighted by molar-refractivity contribution is 5.86. The van der Waals surface area contributed by atoms with Crippen molar-refractivity contribution in [1.29, 1.82) is 5.26 Å². The van der Waals surface area contributed by atoms with Crippen LogP contribution in [0.2, 0.25) is 0 Å². The van der Waals surface area contributed by atoms with E-state index in [1.807, 2.05) is 0 Å². The minimum atomic E-state index is -0.696. The highest BCUT2D eigenvalue weighted by Crippen LogP contribution is 2.38. The summed E-state index contributed by atoms with van der Waals surface area (Å²) in [6, 6.07) is 2.56. The molecule has 2 saturated carbocycles. The summed E-state index contributed by atoms with van der Waals surface area (Å²) in [5, 5.41) is 12.2. The Kier molecular flexibility index (Phi) is 2.68. The second kappa shape index (κ2) is 3.84. The predicted molar refractivity (Wildman–Crippen MR) is 56.8 cm³/mol. The smallest absolute Gasteiger partial charge is 0.240 e. The van der Waals surface area contributed by atoms with Crippen molar-refractivity contribution in [2.75, 3.05) is 0 Å². The summed E-state index contributed by atoms with van der Waals surface area (Å²) in [6.45, 7) is 2.19. The lowest BCUT2D eigenvalue weighted by Gasteiger charge is -2.35. The molecule has 0 bridgehead atoms. The highest BCUT2D eigenvalue weighted by Gasteiger charge is 2.43. The molecule has 2 aliphatic carbocycles. The second-order valence-electron chi connectivity index (χ2n) is 5.15. The van der Waals surface area contributed by atoms with Crippen molar-refractivity contribution in [2.24, 2.45) is 11.3 Å². The third-order valence-corrected chi connectivity index (χ3v) is 3.81. The number of nitrogens with one attached hydrogen (secondary N) is 1. The Morgan fingerprint density at radius 1 is 1.40 bits per heavy atom. The van der Waals surface area contributed by atoms with Crippen LogP contribution in [-0.4, -0.2) is 11.9 Å². The normalized spacial score (nSPS) is 32.8. The Bertz CT molecular complexity index is 293. The average molecular weight is 206 g/mol. The maximum Gasteiger partial charge on any atom is 0.240 e. The summed E-state index contributed by atoms with van der Waals surface area (Å²) < 4.78 is 0. The van der Waals surface area contributed by atoms with E-state index in [4.69, 9.17) is 5.26 Å². The van der Waals surface area contributed by atoms with Gasteiger partial charge in [0.1, 0.15) is 5.41 Å². The van der Waals surface area contributed by atoms with E-state index in [1.165, 1.54) is 0 Å². The minimum Gasteiger partial charge on any atom is -0.352 e. The molecule has 0 saturated heterocycles. The first-order valence-corrected chi connectivity index (χ1v) is 5.88. The molecule has 1 N–H and O–H groups in total. The van der Waals surface area contributed by atoms with E-state index < -0.39 is 5.41 Å². The van der Waals surface area contributed by atoms with Crippen molar-refractivity contribution in [3.05, 3.63) is 0 Å². The van der Waals surface area contributed by atoms with Crippen LogP contribution < -0.4 is 5.32 Å². The number of amides is 1. The van der Waals surface area contributed by atoms with Crippen LogP contribution >= 0.6 is 0 Å². The van der Waals surface area contributed by atoms with Gasteiger partial charge in [-0.2, -0.15) is 5.26 Å². The van der Waals surface area contributed by atoms with Gasteiger partial charge >= 0.3 is 0 Å². The number of nitriles is 1. The van der Waals surface area contributed by atoms with Gasteiger partial charge in [0.25, 0.3) is 0 Å². The molecule has 0 unspecified atom stereocenters. The molecule has 0 aromatic carbocycles. The molecule has 0 spiro atoms. The molecule has 2 rings (SSSR count). The Morgan fingerprint density at radius 3 is 2.47 bits per heavy atom. The first kappa shape index (κ1) is 10.5. The topological polar surface area (TPSA) is 52.9 Å². The second-order valence-corrected chi connectivity index (χ2v) is 5.15. The Morgan fingerprint density at radius 2 is 2.00 bits per heavy atom. The molecule has 0 aromatic rings. The number of carbonyl (C=O) groups is 1. The largest absolute Gasteiger partial charge is 0.352 e. The van der Waals surface area contributed by atoms with E-state index in [2.05, 4.69) is 18.3 Å².